The van der Waals surface area contributed by atoms with Crippen LogP contribution < -0.4 is 10.6 Å². The average molecular weight is 343 g/mol. The summed E-state index contributed by atoms with van der Waals surface area (Å²) in [4.78, 5) is 0. The Morgan fingerprint density at radius 1 is 0.480 bits per heavy atom. The molecule has 2 N–H and O–H groups in total. The van der Waals surface area contributed by atoms with Crippen LogP contribution in [0.1, 0.15) is 77.0 Å². The van der Waals surface area contributed by atoms with E-state index in [0.29, 0.717) is 0 Å². The molecule has 0 aromatic carbocycles. The molecular weight excluding hydrogens is 304 g/mol. The van der Waals surface area contributed by atoms with Crippen molar-refractivity contribution in [2.45, 2.75) is 89.1 Å². The fourth-order valence-electron chi connectivity index (χ4n) is 9.94. The van der Waals surface area contributed by atoms with E-state index in [0.717, 1.165) is 53.0 Å². The monoisotopic (exact) mass is 342 g/mol. The van der Waals surface area contributed by atoms with Crippen LogP contribution in [-0.4, -0.2) is 25.2 Å². The number of nitrogens with one attached hydrogen (secondary N) is 2. The van der Waals surface area contributed by atoms with Gasteiger partial charge >= 0.3 is 0 Å². The van der Waals surface area contributed by atoms with Gasteiger partial charge in [-0.25, -0.2) is 0 Å². The van der Waals surface area contributed by atoms with E-state index in [1.54, 1.807) is 51.4 Å². The molecule has 4 aliphatic carbocycles. The van der Waals surface area contributed by atoms with Gasteiger partial charge in [0, 0.05) is 12.1 Å². The first kappa shape index (κ1) is 15.9. The molecule has 6 fully saturated rings. The van der Waals surface area contributed by atoms with Gasteiger partial charge in [0.15, 0.2) is 0 Å². The molecular formula is C23H38N2. The predicted octanol–water partition coefficient (Wildman–Crippen LogP) is 4.35. The van der Waals surface area contributed by atoms with Crippen molar-refractivity contribution in [1.82, 2.24) is 10.6 Å². The largest absolute Gasteiger partial charge is 0.312 e. The fourth-order valence-corrected chi connectivity index (χ4v) is 9.94. The van der Waals surface area contributed by atoms with Crippen LogP contribution in [0.2, 0.25) is 0 Å². The molecule has 140 valence electrons. The molecule has 2 heterocycles. The van der Waals surface area contributed by atoms with Crippen LogP contribution in [0.4, 0.5) is 0 Å². The first-order valence-electron chi connectivity index (χ1n) is 11.9. The van der Waals surface area contributed by atoms with E-state index >= 15 is 0 Å². The maximum Gasteiger partial charge on any atom is 0.0257 e. The second-order valence-corrected chi connectivity index (χ2v) is 10.6. The van der Waals surface area contributed by atoms with Crippen LogP contribution in [0.5, 0.6) is 0 Å². The second kappa shape index (κ2) is 5.96. The van der Waals surface area contributed by atoms with Crippen molar-refractivity contribution < 1.29 is 0 Å². The third-order valence-corrected chi connectivity index (χ3v) is 10.2. The van der Waals surface area contributed by atoms with E-state index in [-0.39, 0.29) is 0 Å². The van der Waals surface area contributed by atoms with Gasteiger partial charge in [0.05, 0.1) is 0 Å². The lowest BCUT2D eigenvalue weighted by Crippen LogP contribution is -2.53. The van der Waals surface area contributed by atoms with Gasteiger partial charge in [0.25, 0.3) is 0 Å². The predicted molar refractivity (Wildman–Crippen MR) is 102 cm³/mol. The summed E-state index contributed by atoms with van der Waals surface area (Å²) in [6, 6.07) is 1.62. The van der Waals surface area contributed by atoms with Crippen molar-refractivity contribution >= 4 is 0 Å². The molecule has 0 aromatic heterocycles. The highest BCUT2D eigenvalue weighted by Crippen LogP contribution is 2.73. The summed E-state index contributed by atoms with van der Waals surface area (Å²) in [5, 5.41) is 8.12. The Labute approximate surface area is 154 Å². The Morgan fingerprint density at radius 2 is 0.920 bits per heavy atom. The lowest BCUT2D eigenvalue weighted by molar-refractivity contribution is -0.0295. The van der Waals surface area contributed by atoms with Gasteiger partial charge in [-0.05, 0) is 105 Å². The molecule has 6 rings (SSSR count). The molecule has 0 bridgehead atoms. The lowest BCUT2D eigenvalue weighted by atomic mass is 9.54. The summed E-state index contributed by atoms with van der Waals surface area (Å²) >= 11 is 0. The third kappa shape index (κ3) is 1.99. The molecule has 0 amide bonds. The first-order chi connectivity index (χ1) is 12.4. The Hall–Kier alpha value is -0.0800. The SMILES string of the molecule is C1CCC2C(C1)C1CCCCC1C21C2CCCNC2C2NCCCC21. The topological polar surface area (TPSA) is 24.1 Å². The van der Waals surface area contributed by atoms with Gasteiger partial charge in [-0.1, -0.05) is 25.7 Å². The highest BCUT2D eigenvalue weighted by molar-refractivity contribution is 5.22. The summed E-state index contributed by atoms with van der Waals surface area (Å²) in [5.41, 5.74) is 0.729. The average Bonchev–Trinajstić information content (AvgIpc) is 3.16. The minimum atomic E-state index is 0.729. The number of hydrogen-bond acceptors (Lipinski definition) is 2. The zero-order valence-electron chi connectivity index (χ0n) is 16.0. The van der Waals surface area contributed by atoms with Crippen LogP contribution in [-0.2, 0) is 0 Å². The van der Waals surface area contributed by atoms with Gasteiger partial charge in [-0.2, -0.15) is 0 Å². The van der Waals surface area contributed by atoms with Gasteiger partial charge < -0.3 is 10.6 Å². The van der Waals surface area contributed by atoms with E-state index < -0.39 is 0 Å². The molecule has 0 radical (unpaired) electrons. The van der Waals surface area contributed by atoms with Crippen molar-refractivity contribution in [1.29, 1.82) is 0 Å². The smallest absolute Gasteiger partial charge is 0.0257 e. The minimum absolute atomic E-state index is 0.729. The fraction of sp³-hybridized carbons (Fsp3) is 1.00. The maximum atomic E-state index is 4.06. The van der Waals surface area contributed by atoms with Crippen molar-refractivity contribution in [3.63, 3.8) is 0 Å². The summed E-state index contributed by atoms with van der Waals surface area (Å²) in [6.45, 7) is 2.56. The van der Waals surface area contributed by atoms with E-state index in [4.69, 9.17) is 0 Å². The number of rotatable bonds is 0. The Kier molecular flexibility index (Phi) is 3.80. The normalized spacial score (nSPS) is 57.6. The highest BCUT2D eigenvalue weighted by Gasteiger charge is 2.71. The highest BCUT2D eigenvalue weighted by atomic mass is 15.1. The van der Waals surface area contributed by atoms with E-state index in [1.165, 1.54) is 38.8 Å². The first-order valence-corrected chi connectivity index (χ1v) is 11.9. The molecule has 4 saturated carbocycles. The van der Waals surface area contributed by atoms with Crippen LogP contribution in [0, 0.1) is 40.9 Å². The maximum absolute atomic E-state index is 4.06. The summed E-state index contributed by atoms with van der Waals surface area (Å²) in [7, 11) is 0. The van der Waals surface area contributed by atoms with Crippen LogP contribution in [0.3, 0.4) is 0 Å². The number of piperidine rings is 2. The molecule has 8 unspecified atom stereocenters. The molecule has 1 spiro atoms. The minimum Gasteiger partial charge on any atom is -0.312 e. The van der Waals surface area contributed by atoms with E-state index in [9.17, 15) is 0 Å². The zero-order valence-corrected chi connectivity index (χ0v) is 16.0. The molecule has 2 heteroatoms. The molecule has 8 atom stereocenters. The standard InChI is InChI=1S/C23H38N2/c1-3-9-17-15(7-1)16-8-2-4-10-18(16)23(17)19-11-5-13-24-21(19)22-20(23)12-6-14-25-22/h15-22,24-25H,1-14H2. The summed E-state index contributed by atoms with van der Waals surface area (Å²) < 4.78 is 0. The molecule has 0 aromatic rings. The molecule has 2 saturated heterocycles. The number of hydrogen-bond donors (Lipinski definition) is 2. The second-order valence-electron chi connectivity index (χ2n) is 10.6. The van der Waals surface area contributed by atoms with Gasteiger partial charge in [-0.3, -0.25) is 0 Å². The molecule has 25 heavy (non-hydrogen) atoms. The summed E-state index contributed by atoms with van der Waals surface area (Å²) in [6.07, 6.45) is 18.5. The van der Waals surface area contributed by atoms with Gasteiger partial charge in [0.2, 0.25) is 0 Å². The van der Waals surface area contributed by atoms with Crippen molar-refractivity contribution in [3.05, 3.63) is 0 Å². The quantitative estimate of drug-likeness (QED) is 0.684. The van der Waals surface area contributed by atoms with Crippen LogP contribution in [0.25, 0.3) is 0 Å². The van der Waals surface area contributed by atoms with Crippen molar-refractivity contribution in [2.75, 3.05) is 13.1 Å². The van der Waals surface area contributed by atoms with E-state index in [1.807, 2.05) is 0 Å². The molecule has 6 aliphatic rings. The zero-order chi connectivity index (χ0) is 16.4. The van der Waals surface area contributed by atoms with Crippen LogP contribution in [0.15, 0.2) is 0 Å². The Bertz CT molecular complexity index is 423. The molecule has 2 aliphatic heterocycles. The van der Waals surface area contributed by atoms with E-state index in [2.05, 4.69) is 10.6 Å². The Balaban J connectivity index is 1.50. The Morgan fingerprint density at radius 3 is 1.44 bits per heavy atom. The lowest BCUT2D eigenvalue weighted by Gasteiger charge is -2.51. The van der Waals surface area contributed by atoms with Crippen molar-refractivity contribution in [2.24, 2.45) is 40.9 Å². The van der Waals surface area contributed by atoms with Gasteiger partial charge in [-0.15, -0.1) is 0 Å². The molecule has 2 nitrogen and oxygen atoms in total. The number of fused-ring (bicyclic) bond motifs is 10. The third-order valence-electron chi connectivity index (χ3n) is 10.2. The van der Waals surface area contributed by atoms with Crippen LogP contribution >= 0.6 is 0 Å². The summed E-state index contributed by atoms with van der Waals surface area (Å²) in [5.74, 6) is 6.42. The van der Waals surface area contributed by atoms with Gasteiger partial charge in [0.1, 0.15) is 0 Å². The van der Waals surface area contributed by atoms with Crippen molar-refractivity contribution in [3.8, 4) is 0 Å².